The van der Waals surface area contributed by atoms with E-state index in [1.54, 1.807) is 11.9 Å². The summed E-state index contributed by atoms with van der Waals surface area (Å²) in [6.07, 6.45) is 4.43. The topological polar surface area (TPSA) is 100 Å². The van der Waals surface area contributed by atoms with Crippen LogP contribution in [0.15, 0.2) is 0 Å². The molecule has 21 heavy (non-hydrogen) atoms. The number of anilines is 3. The molecule has 0 unspecified atom stereocenters. The number of hydrogen-bond acceptors (Lipinski definition) is 7. The van der Waals surface area contributed by atoms with E-state index in [1.165, 1.54) is 0 Å². The van der Waals surface area contributed by atoms with Gasteiger partial charge in [0.15, 0.2) is 0 Å². The lowest BCUT2D eigenvalue weighted by Gasteiger charge is -2.20. The Hall–Kier alpha value is -2.12. The average molecular weight is 291 g/mol. The third-order valence-electron chi connectivity index (χ3n) is 3.68. The molecule has 0 spiro atoms. The predicted molar refractivity (Wildman–Crippen MR) is 80.1 cm³/mol. The Kier molecular flexibility index (Phi) is 3.76. The van der Waals surface area contributed by atoms with Gasteiger partial charge >= 0.3 is 0 Å². The molecule has 0 bridgehead atoms. The molecule has 1 amide bonds. The zero-order valence-electron chi connectivity index (χ0n) is 12.2. The molecule has 2 fully saturated rings. The third-order valence-corrected chi connectivity index (χ3v) is 3.68. The molecule has 114 valence electrons. The van der Waals surface area contributed by atoms with E-state index in [4.69, 9.17) is 5.73 Å². The Labute approximate surface area is 123 Å². The fourth-order valence-corrected chi connectivity index (χ4v) is 2.39. The van der Waals surface area contributed by atoms with E-state index >= 15 is 0 Å². The molecule has 0 atom stereocenters. The smallest absolute Gasteiger partial charge is 0.239 e. The highest BCUT2D eigenvalue weighted by molar-refractivity contribution is 5.81. The van der Waals surface area contributed by atoms with Gasteiger partial charge in [0.1, 0.15) is 0 Å². The molecule has 1 saturated carbocycles. The van der Waals surface area contributed by atoms with Crippen molar-refractivity contribution in [2.75, 3.05) is 42.2 Å². The van der Waals surface area contributed by atoms with Crippen molar-refractivity contribution in [1.29, 1.82) is 0 Å². The van der Waals surface area contributed by atoms with Gasteiger partial charge < -0.3 is 20.9 Å². The molecule has 1 aromatic heterocycles. The number of aromatic nitrogens is 3. The number of nitrogens with zero attached hydrogens (tertiary/aromatic N) is 5. The van der Waals surface area contributed by atoms with E-state index in [9.17, 15) is 4.79 Å². The highest BCUT2D eigenvalue weighted by Gasteiger charge is 2.24. The summed E-state index contributed by atoms with van der Waals surface area (Å²) in [5.41, 5.74) is 5.77. The summed E-state index contributed by atoms with van der Waals surface area (Å²) in [4.78, 5) is 28.4. The van der Waals surface area contributed by atoms with Gasteiger partial charge in [0, 0.05) is 26.2 Å². The van der Waals surface area contributed by atoms with E-state index in [0.717, 1.165) is 38.8 Å². The van der Waals surface area contributed by atoms with E-state index in [1.807, 2.05) is 0 Å². The zero-order valence-corrected chi connectivity index (χ0v) is 12.2. The van der Waals surface area contributed by atoms with Crippen LogP contribution in [0, 0.1) is 0 Å². The normalized spacial score (nSPS) is 17.9. The number of carbonyl (C=O) groups excluding carboxylic acids is 1. The van der Waals surface area contributed by atoms with Crippen LogP contribution in [0.25, 0.3) is 0 Å². The predicted octanol–water partition coefficient (Wildman–Crippen LogP) is -0.231. The lowest BCUT2D eigenvalue weighted by Crippen LogP contribution is -2.37. The van der Waals surface area contributed by atoms with Crippen LogP contribution in [0.5, 0.6) is 0 Å². The number of carbonyl (C=O) groups is 1. The fraction of sp³-hybridized carbons (Fsp3) is 0.692. The monoisotopic (exact) mass is 291 g/mol. The van der Waals surface area contributed by atoms with Crippen molar-refractivity contribution in [2.24, 2.45) is 0 Å². The van der Waals surface area contributed by atoms with Crippen LogP contribution < -0.4 is 20.9 Å². The van der Waals surface area contributed by atoms with Crippen molar-refractivity contribution >= 4 is 23.8 Å². The number of nitrogen functional groups attached to an aromatic ring is 1. The molecule has 2 aliphatic rings. The molecule has 3 rings (SSSR count). The van der Waals surface area contributed by atoms with Gasteiger partial charge in [-0.2, -0.15) is 15.0 Å². The largest absolute Gasteiger partial charge is 0.368 e. The van der Waals surface area contributed by atoms with Gasteiger partial charge in [0.05, 0.1) is 6.54 Å². The molecule has 8 heteroatoms. The summed E-state index contributed by atoms with van der Waals surface area (Å²) in [6.45, 7) is 2.10. The summed E-state index contributed by atoms with van der Waals surface area (Å²) in [5.74, 6) is 1.22. The van der Waals surface area contributed by atoms with E-state index in [0.29, 0.717) is 17.9 Å². The Morgan fingerprint density at radius 3 is 2.71 bits per heavy atom. The van der Waals surface area contributed by atoms with Gasteiger partial charge in [-0.05, 0) is 25.7 Å². The second kappa shape index (κ2) is 5.71. The Morgan fingerprint density at radius 2 is 2.05 bits per heavy atom. The van der Waals surface area contributed by atoms with Crippen LogP contribution in [0.3, 0.4) is 0 Å². The van der Waals surface area contributed by atoms with Gasteiger partial charge in [-0.3, -0.25) is 4.79 Å². The maximum absolute atomic E-state index is 11.8. The molecule has 1 aromatic rings. The first kappa shape index (κ1) is 13.8. The van der Waals surface area contributed by atoms with E-state index < -0.39 is 0 Å². The summed E-state index contributed by atoms with van der Waals surface area (Å²) in [7, 11) is 1.79. The molecule has 1 aliphatic carbocycles. The molecule has 2 heterocycles. The second-order valence-electron chi connectivity index (χ2n) is 5.69. The number of nitrogens with two attached hydrogens (primary N) is 1. The number of nitrogens with one attached hydrogen (secondary N) is 1. The minimum absolute atomic E-state index is 0.0123. The molecular formula is C13H21N7O. The zero-order chi connectivity index (χ0) is 14.8. The first-order valence-corrected chi connectivity index (χ1v) is 7.39. The highest BCUT2D eigenvalue weighted by Crippen LogP contribution is 2.20. The summed E-state index contributed by atoms with van der Waals surface area (Å²) in [6, 6.07) is 0.356. The molecular weight excluding hydrogens is 270 g/mol. The van der Waals surface area contributed by atoms with Crippen molar-refractivity contribution in [2.45, 2.75) is 31.7 Å². The first-order chi connectivity index (χ1) is 10.1. The fourth-order valence-electron chi connectivity index (χ4n) is 2.39. The lowest BCUT2D eigenvalue weighted by molar-refractivity contribution is -0.119. The molecule has 1 saturated heterocycles. The quantitative estimate of drug-likeness (QED) is 0.772. The maximum Gasteiger partial charge on any atom is 0.239 e. The minimum atomic E-state index is -0.0123. The first-order valence-electron chi connectivity index (χ1n) is 7.39. The molecule has 3 N–H and O–H groups in total. The second-order valence-corrected chi connectivity index (χ2v) is 5.69. The van der Waals surface area contributed by atoms with Gasteiger partial charge in [0.25, 0.3) is 0 Å². The number of likely N-dealkylation sites (N-methyl/N-ethyl adjacent to an activating group) is 1. The van der Waals surface area contributed by atoms with Crippen LogP contribution >= 0.6 is 0 Å². The number of rotatable bonds is 5. The van der Waals surface area contributed by atoms with Crippen molar-refractivity contribution in [1.82, 2.24) is 20.3 Å². The Morgan fingerprint density at radius 1 is 1.33 bits per heavy atom. The summed E-state index contributed by atoms with van der Waals surface area (Å²) in [5, 5.41) is 2.95. The van der Waals surface area contributed by atoms with Crippen molar-refractivity contribution < 1.29 is 4.79 Å². The Balaban J connectivity index is 1.69. The standard InChI is InChI=1S/C13H21N7O/c1-19(8-10(21)15-9-4-5-9)12-16-11(14)17-13(18-12)20-6-2-3-7-20/h9H,2-8H2,1H3,(H,15,21)(H2,14,16,17,18). The van der Waals surface area contributed by atoms with Gasteiger partial charge in [0.2, 0.25) is 23.8 Å². The van der Waals surface area contributed by atoms with Crippen LogP contribution in [-0.4, -0.2) is 53.6 Å². The summed E-state index contributed by atoms with van der Waals surface area (Å²) < 4.78 is 0. The van der Waals surface area contributed by atoms with Gasteiger partial charge in [-0.25, -0.2) is 0 Å². The Bertz CT molecular complexity index is 525. The average Bonchev–Trinajstić information content (AvgIpc) is 3.07. The lowest BCUT2D eigenvalue weighted by atomic mass is 10.4. The third kappa shape index (κ3) is 3.50. The van der Waals surface area contributed by atoms with Crippen molar-refractivity contribution in [3.05, 3.63) is 0 Å². The number of amides is 1. The van der Waals surface area contributed by atoms with Gasteiger partial charge in [-0.1, -0.05) is 0 Å². The SMILES string of the molecule is CN(CC(=O)NC1CC1)c1nc(N)nc(N2CCCC2)n1. The highest BCUT2D eigenvalue weighted by atomic mass is 16.2. The van der Waals surface area contributed by atoms with Crippen LogP contribution in [-0.2, 0) is 4.79 Å². The summed E-state index contributed by atoms with van der Waals surface area (Å²) >= 11 is 0. The van der Waals surface area contributed by atoms with Gasteiger partial charge in [-0.15, -0.1) is 0 Å². The van der Waals surface area contributed by atoms with E-state index in [-0.39, 0.29) is 18.4 Å². The molecule has 0 radical (unpaired) electrons. The van der Waals surface area contributed by atoms with Crippen LogP contribution in [0.4, 0.5) is 17.8 Å². The van der Waals surface area contributed by atoms with E-state index in [2.05, 4.69) is 25.2 Å². The maximum atomic E-state index is 11.8. The molecule has 0 aromatic carbocycles. The van der Waals surface area contributed by atoms with Crippen LogP contribution in [0.1, 0.15) is 25.7 Å². The van der Waals surface area contributed by atoms with Crippen molar-refractivity contribution in [3.8, 4) is 0 Å². The number of hydrogen-bond donors (Lipinski definition) is 2. The van der Waals surface area contributed by atoms with Crippen LogP contribution in [0.2, 0.25) is 0 Å². The molecule has 8 nitrogen and oxygen atoms in total. The molecule has 1 aliphatic heterocycles. The minimum Gasteiger partial charge on any atom is -0.368 e. The van der Waals surface area contributed by atoms with Crippen molar-refractivity contribution in [3.63, 3.8) is 0 Å².